The molecule has 3 aliphatic rings. The molecule has 23 nitrogen and oxygen atoms in total. The van der Waals surface area contributed by atoms with E-state index in [1.165, 1.54) is 20.6 Å². The van der Waals surface area contributed by atoms with Crippen molar-refractivity contribution in [3.8, 4) is 5.75 Å². The predicted molar refractivity (Wildman–Crippen MR) is 312 cm³/mol. The van der Waals surface area contributed by atoms with Gasteiger partial charge < -0.3 is 63.6 Å². The molecule has 0 radical (unpaired) electrons. The Balaban J connectivity index is 1.34. The lowest BCUT2D eigenvalue weighted by molar-refractivity contribution is -0.147. The van der Waals surface area contributed by atoms with Crippen LogP contribution in [-0.4, -0.2) is 141 Å². The van der Waals surface area contributed by atoms with E-state index in [1.54, 1.807) is 56.3 Å². The second kappa shape index (κ2) is 30.6. The average Bonchev–Trinajstić information content (AvgIpc) is 3.62. The van der Waals surface area contributed by atoms with Crippen molar-refractivity contribution in [2.24, 2.45) is 29.0 Å². The van der Waals surface area contributed by atoms with Crippen LogP contribution in [0.15, 0.2) is 72.8 Å². The molecule has 1 fully saturated rings. The summed E-state index contributed by atoms with van der Waals surface area (Å²) in [5.41, 5.74) is 20.8. The number of nitrogens with zero attached hydrogens (tertiary/aromatic N) is 2. The maximum Gasteiger partial charge on any atom is 0.247 e. The van der Waals surface area contributed by atoms with Gasteiger partial charge in [0.05, 0.1) is 13.0 Å². The molecule has 3 aromatic carbocycles. The minimum atomic E-state index is -1.77. The predicted octanol–water partition coefficient (Wildman–Crippen LogP) is 0.947. The highest BCUT2D eigenvalue weighted by Crippen LogP contribution is 2.30. The third-order valence-corrected chi connectivity index (χ3v) is 17.2. The smallest absolute Gasteiger partial charge is 0.247 e. The topological polar surface area (TPSA) is 354 Å². The number of hydrogen-bond acceptors (Lipinski definition) is 14. The SMILES string of the molecule is CCOc1ccc(C[C@H]2NC(=O)CCSSC[C@@H](C(=O)N3Cc4ccccc4C[C@@H]3C(=O)N[C@@H](CC(C)C)C(=O)N3Cc4ccccc4C[C@@H]3C(N)=O)NC(=O)[C@H](CC(N)=O)NC(=O)[C@H](CCC(N)=O)NC(=O)[C@H]([C@@H](C)CC)NC2=O)cc1. The number of carbonyl (C=O) groups is 11. The molecule has 3 heterocycles. The molecular formula is C58H77N11O12S2. The summed E-state index contributed by atoms with van der Waals surface area (Å²) < 4.78 is 5.58. The Morgan fingerprint density at radius 1 is 0.675 bits per heavy atom. The summed E-state index contributed by atoms with van der Waals surface area (Å²) in [7, 11) is 2.27. The third kappa shape index (κ3) is 18.2. The first-order chi connectivity index (χ1) is 39.6. The molecule has 0 aliphatic carbocycles. The zero-order valence-corrected chi connectivity index (χ0v) is 49.1. The van der Waals surface area contributed by atoms with Gasteiger partial charge in [0.15, 0.2) is 0 Å². The highest BCUT2D eigenvalue weighted by Gasteiger charge is 2.43. The van der Waals surface area contributed by atoms with E-state index >= 15 is 4.79 Å². The van der Waals surface area contributed by atoms with Crippen molar-refractivity contribution in [2.75, 3.05) is 18.1 Å². The molecule has 3 aliphatic heterocycles. The molecular weight excluding hydrogens is 1110 g/mol. The van der Waals surface area contributed by atoms with Crippen molar-refractivity contribution >= 4 is 86.6 Å². The van der Waals surface area contributed by atoms with Gasteiger partial charge in [-0.15, -0.1) is 0 Å². The normalized spacial score (nSPS) is 22.8. The lowest BCUT2D eigenvalue weighted by Crippen LogP contribution is -2.63. The maximum atomic E-state index is 15.4. The molecule has 448 valence electrons. The Morgan fingerprint density at radius 2 is 1.27 bits per heavy atom. The number of hydrogen-bond donors (Lipinski definition) is 9. The zero-order valence-electron chi connectivity index (χ0n) is 47.4. The van der Waals surface area contributed by atoms with E-state index in [0.717, 1.165) is 27.5 Å². The van der Waals surface area contributed by atoms with Crippen molar-refractivity contribution < 1.29 is 57.5 Å². The first-order valence-corrected chi connectivity index (χ1v) is 30.4. The Bertz CT molecular complexity index is 2880. The highest BCUT2D eigenvalue weighted by molar-refractivity contribution is 8.76. The van der Waals surface area contributed by atoms with Crippen molar-refractivity contribution in [3.63, 3.8) is 0 Å². The van der Waals surface area contributed by atoms with Gasteiger partial charge in [-0.25, -0.2) is 0 Å². The summed E-state index contributed by atoms with van der Waals surface area (Å²) in [6.45, 7) is 9.43. The van der Waals surface area contributed by atoms with E-state index in [-0.39, 0.29) is 69.0 Å². The fourth-order valence-electron chi connectivity index (χ4n) is 10.2. The maximum absolute atomic E-state index is 15.4. The summed E-state index contributed by atoms with van der Waals surface area (Å²) in [5, 5.41) is 16.2. The second-order valence-corrected chi connectivity index (χ2v) is 24.1. The van der Waals surface area contributed by atoms with Gasteiger partial charge in [-0.1, -0.05) is 116 Å². The molecule has 0 aromatic heterocycles. The Morgan fingerprint density at radius 3 is 1.86 bits per heavy atom. The fraction of sp³-hybridized carbons (Fsp3) is 0.500. The van der Waals surface area contributed by atoms with E-state index in [2.05, 4.69) is 31.9 Å². The van der Waals surface area contributed by atoms with Gasteiger partial charge in [0, 0.05) is 56.7 Å². The van der Waals surface area contributed by atoms with Gasteiger partial charge in [0.2, 0.25) is 65.0 Å². The average molecular weight is 1180 g/mol. The minimum Gasteiger partial charge on any atom is -0.494 e. The Hall–Kier alpha value is -7.67. The highest BCUT2D eigenvalue weighted by atomic mass is 33.1. The van der Waals surface area contributed by atoms with Crippen LogP contribution in [0.5, 0.6) is 5.75 Å². The van der Waals surface area contributed by atoms with Crippen molar-refractivity contribution in [1.29, 1.82) is 0 Å². The number of rotatable bonds is 18. The van der Waals surface area contributed by atoms with Crippen LogP contribution in [0.2, 0.25) is 0 Å². The van der Waals surface area contributed by atoms with Crippen LogP contribution in [0, 0.1) is 11.8 Å². The van der Waals surface area contributed by atoms with E-state index < -0.39 is 132 Å². The summed E-state index contributed by atoms with van der Waals surface area (Å²) >= 11 is 0. The van der Waals surface area contributed by atoms with E-state index in [9.17, 15) is 47.9 Å². The van der Waals surface area contributed by atoms with Crippen molar-refractivity contribution in [3.05, 3.63) is 101 Å². The quantitative estimate of drug-likeness (QED) is 0.0802. The van der Waals surface area contributed by atoms with Crippen molar-refractivity contribution in [1.82, 2.24) is 41.7 Å². The number of ether oxygens (including phenoxy) is 1. The van der Waals surface area contributed by atoms with E-state index in [4.69, 9.17) is 21.9 Å². The number of benzene rings is 3. The zero-order chi connectivity index (χ0) is 60.5. The van der Waals surface area contributed by atoms with Crippen LogP contribution in [0.3, 0.4) is 0 Å². The number of nitrogens with two attached hydrogens (primary N) is 3. The molecule has 0 unspecified atom stereocenters. The standard InChI is InChI=1S/C58H77N11O12S2/c1-6-33(5)50-56(78)63-40(20-21-47(59)70)52(74)64-42(28-48(60)71)53(75)66-44(31-83-82-23-22-49(72)62-41(54(76)67-50)25-34-16-18-39(19-17-34)81-7-2)58(80)69-30-38-15-11-9-13-36(38)27-46(69)55(77)65-43(24-32(3)4)57(79)68-29-37-14-10-8-12-35(37)26-45(68)51(61)73/h8-19,32-33,40-46,50H,6-7,20-31H2,1-5H3,(H2,59,70)(H2,60,71)(H2,61,73)(H,62,72)(H,63,78)(H,64,74)(H,65,77)(H,66,75)(H,67,76)/t33-,40-,41+,42-,43-,44-,45+,46+,50-/m0/s1. The number of primary amides is 3. The van der Waals surface area contributed by atoms with E-state index in [1.807, 2.05) is 51.1 Å². The van der Waals surface area contributed by atoms with Gasteiger partial charge in [-0.05, 0) is 71.6 Å². The first kappa shape index (κ1) is 64.5. The number of carbonyl (C=O) groups excluding carboxylic acids is 11. The molecule has 1 saturated heterocycles. The van der Waals surface area contributed by atoms with Crippen LogP contribution in [0.1, 0.15) is 101 Å². The van der Waals surface area contributed by atoms with Gasteiger partial charge in [-0.2, -0.15) is 0 Å². The van der Waals surface area contributed by atoms with Crippen LogP contribution in [-0.2, 0) is 85.1 Å². The van der Waals surface area contributed by atoms with Crippen LogP contribution in [0.4, 0.5) is 0 Å². The van der Waals surface area contributed by atoms with Crippen LogP contribution >= 0.6 is 21.6 Å². The van der Waals surface area contributed by atoms with Crippen molar-refractivity contribution in [2.45, 2.75) is 154 Å². The lowest BCUT2D eigenvalue weighted by atomic mass is 9.91. The molecule has 12 N–H and O–H groups in total. The van der Waals surface area contributed by atoms with Gasteiger partial charge in [0.1, 0.15) is 54.1 Å². The monoisotopic (exact) mass is 1180 g/mol. The Labute approximate surface area is 491 Å². The molecule has 3 aromatic rings. The summed E-state index contributed by atoms with van der Waals surface area (Å²) in [6, 6.07) is 10.7. The van der Waals surface area contributed by atoms with Gasteiger partial charge in [-0.3, -0.25) is 52.7 Å². The molecule has 11 amide bonds. The summed E-state index contributed by atoms with van der Waals surface area (Å²) in [4.78, 5) is 157. The third-order valence-electron chi connectivity index (χ3n) is 14.8. The van der Waals surface area contributed by atoms with Crippen LogP contribution < -0.4 is 53.8 Å². The van der Waals surface area contributed by atoms with Gasteiger partial charge >= 0.3 is 0 Å². The van der Waals surface area contributed by atoms with Gasteiger partial charge in [0.25, 0.3) is 0 Å². The fourth-order valence-corrected chi connectivity index (χ4v) is 12.3. The van der Waals surface area contributed by atoms with E-state index in [0.29, 0.717) is 29.9 Å². The molecule has 0 spiro atoms. The van der Waals surface area contributed by atoms with Crippen LogP contribution in [0.25, 0.3) is 0 Å². The first-order valence-electron chi connectivity index (χ1n) is 27.9. The minimum absolute atomic E-state index is 0.00695. The number of amides is 11. The second-order valence-electron chi connectivity index (χ2n) is 21.5. The molecule has 83 heavy (non-hydrogen) atoms. The molecule has 9 atom stereocenters. The number of nitrogens with one attached hydrogen (secondary N) is 6. The molecule has 6 rings (SSSR count). The number of fused-ring (bicyclic) bond motifs is 2. The summed E-state index contributed by atoms with van der Waals surface area (Å²) in [6.07, 6.45) is -1.02. The largest absolute Gasteiger partial charge is 0.494 e. The lowest BCUT2D eigenvalue weighted by Gasteiger charge is -2.40. The summed E-state index contributed by atoms with van der Waals surface area (Å²) in [5.74, 6) is -8.88. The molecule has 0 saturated carbocycles. The molecule has 0 bridgehead atoms. The Kier molecular flexibility index (Phi) is 23.8. The molecule has 25 heteroatoms.